The van der Waals surface area contributed by atoms with Crippen molar-refractivity contribution in [1.29, 1.82) is 15.8 Å². The number of halogens is 1. The first-order valence-corrected chi connectivity index (χ1v) is 51.0. The molecule has 3 aromatic carbocycles. The Morgan fingerprint density at radius 1 is 0.486 bits per heavy atom. The van der Waals surface area contributed by atoms with Gasteiger partial charge in [-0.1, -0.05) is 66.0 Å². The molecule has 0 bridgehead atoms. The maximum absolute atomic E-state index is 13.2. The fourth-order valence-corrected chi connectivity index (χ4v) is 18.4. The number of amides is 2. The van der Waals surface area contributed by atoms with Crippen molar-refractivity contribution in [1.82, 2.24) is 113 Å². The molecule has 2 amide bonds. The Hall–Kier alpha value is -15.3. The number of nitrogens with two attached hydrogens (primary N) is 1. The molecule has 6 N–H and O–H groups in total. The highest BCUT2D eigenvalue weighted by molar-refractivity contribution is 9.10. The number of nitrogens with zero attached hydrogens (tertiary/aromatic N) is 25. The first kappa shape index (κ1) is 100. The van der Waals surface area contributed by atoms with Gasteiger partial charge >= 0.3 is 12.2 Å². The quantitative estimate of drug-likeness (QED) is 0.0186. The second kappa shape index (κ2) is 41.3. The molecule has 144 heavy (non-hydrogen) atoms. The molecule has 0 unspecified atom stereocenters. The van der Waals surface area contributed by atoms with E-state index in [1.54, 1.807) is 56.5 Å². The summed E-state index contributed by atoms with van der Waals surface area (Å²) in [7, 11) is 0. The molecule has 22 rings (SSSR count). The zero-order chi connectivity index (χ0) is 102. The third-order valence-electron chi connectivity index (χ3n) is 25.8. The summed E-state index contributed by atoms with van der Waals surface area (Å²) < 4.78 is 23.2. The Bertz CT molecular complexity index is 7930. The molecule has 4 aliphatic carbocycles. The third kappa shape index (κ3) is 21.3. The fourth-order valence-electron chi connectivity index (χ4n) is 17.4. The average Bonchev–Trinajstić information content (AvgIpc) is 1.59. The Kier molecular flexibility index (Phi) is 28.8. The van der Waals surface area contributed by atoms with Crippen LogP contribution < -0.4 is 43.9 Å². The highest BCUT2D eigenvalue weighted by Crippen LogP contribution is 2.51. The highest BCUT2D eigenvalue weighted by Gasteiger charge is 2.54. The number of fused-ring (bicyclic) bond motifs is 7. The SMILES string of the molecule is CC(C)(C)OC(=O)N1CCc2cc(N)ccc2C1.CCn1[nH]c2nc(SC)ncc2c1=O.CCn1c(=O)c2cnc(Nc3ccc4c(c3)CNCC4)nc2n1-c1cccc(C2(C#N)CC2)n1.CCn1c(=O)c2cnc(SC)nc2n1-c1cccc(C2(C#N)CC2)n1.N#CC1(c2cccc(Br)n2)CC1.[C-]#[N+]C1(c2cccc(-n3c4nc(Nc5ccc6c(c5)CN(C(=O)OC(C)(C)C)CC6)ncc4c(=O)n3CC)n2)CC1. The zero-order valence-corrected chi connectivity index (χ0v) is 85.2. The topological polar surface area (TPSA) is 470 Å². The van der Waals surface area contributed by atoms with Crippen LogP contribution >= 0.6 is 39.5 Å². The van der Waals surface area contributed by atoms with Crippen LogP contribution in [0.2, 0.25) is 0 Å². The van der Waals surface area contributed by atoms with Crippen molar-refractivity contribution in [2.45, 2.75) is 229 Å². The predicted octanol–water partition coefficient (Wildman–Crippen LogP) is 16.0. The molecule has 15 heterocycles. The Labute approximate surface area is 845 Å². The molecule has 0 saturated heterocycles. The summed E-state index contributed by atoms with van der Waals surface area (Å²) in [4.78, 5) is 136. The zero-order valence-electron chi connectivity index (χ0n) is 82.0. The van der Waals surface area contributed by atoms with E-state index < -0.39 is 27.6 Å². The number of carbonyl (C=O) groups excluding carboxylic acids is 2. The number of H-pyrrole nitrogens is 1. The largest absolute Gasteiger partial charge is 0.444 e. The van der Waals surface area contributed by atoms with Crippen LogP contribution in [-0.4, -0.2) is 163 Å². The lowest BCUT2D eigenvalue weighted by Gasteiger charge is -2.31. The lowest BCUT2D eigenvalue weighted by Crippen LogP contribution is -2.39. The number of pyridine rings is 4. The molecule has 3 aliphatic heterocycles. The first-order valence-electron chi connectivity index (χ1n) is 47.7. The van der Waals surface area contributed by atoms with E-state index in [1.165, 1.54) is 56.7 Å². The van der Waals surface area contributed by atoms with Gasteiger partial charge in [-0.2, -0.15) is 25.8 Å². The van der Waals surface area contributed by atoms with Crippen LogP contribution in [0, 0.1) is 40.6 Å². The molecular formula is C103H109BrN30O8S2. The van der Waals surface area contributed by atoms with E-state index in [-0.39, 0.29) is 39.8 Å². The summed E-state index contributed by atoms with van der Waals surface area (Å²) in [5.41, 5.74) is 17.2. The van der Waals surface area contributed by atoms with E-state index in [9.17, 15) is 39.3 Å². The van der Waals surface area contributed by atoms with Gasteiger partial charge in [-0.05, 0) is 280 Å². The molecule has 0 atom stereocenters. The van der Waals surface area contributed by atoms with Crippen LogP contribution in [0.4, 0.5) is 38.5 Å². The number of benzene rings is 3. The molecule has 4 fully saturated rings. The number of ether oxygens (including phenoxy) is 2. The number of aromatic amines is 1. The fraction of sp³-hybridized carbons (Fsp3) is 0.379. The van der Waals surface area contributed by atoms with E-state index in [1.807, 2.05) is 197 Å². The number of nitrogens with one attached hydrogen (secondary N) is 4. The van der Waals surface area contributed by atoms with Gasteiger partial charge in [-0.15, -0.1) is 0 Å². The molecule has 7 aliphatic rings. The van der Waals surface area contributed by atoms with Crippen molar-refractivity contribution in [3.8, 4) is 35.7 Å². The maximum atomic E-state index is 13.2. The standard InChI is InChI=1S/C30H32N8O3.C25H24N8O.C17H16N6OS.C14H20N2O2.C9H7BrN2.C8H10N4OS/c1-6-37-26(39)22-17-32-27(35-25(22)38(37)24-9-7-8-23(34-24)30(31-5)13-14-30)33-21-11-10-19-12-15-36(18-20(19)16-21)28(40)41-29(2,3)4;1-2-32-23(34)19-14-28-24(29-18-7-6-16-8-11-27-13-17(16)12-18)31-22(19)33(32)21-5-3-4-20(30-21)25(15-26)9-10-25;1-3-22-15(24)11-9-19-16(25-2)21-14(11)23(22)13-6-4-5-12(20-13)17(10-18)7-8-17;1-14(2,3)18-13(17)16-7-6-10-8-12(15)5-4-11(10)9-16;10-8-3-1-2-7(12-8)9(6-11)4-5-9;1-3-12-7(13)5-4-9-8(14-2)10-6(5)11-12/h7-11,16-17H,6,12-15,18H2,1-4H3,(H,32,33,35);3-7,12,14,27H,2,8-11,13H2,1H3,(H,28,29,31);4-6,9H,3,7-8H2,1-2H3;4-5,8H,6-7,9,15H2,1-3H3;1-3H,4-5H2;4H,3H2,1-2H3,(H,9,10,11). The van der Waals surface area contributed by atoms with E-state index >= 15 is 0 Å². The normalized spacial score (nSPS) is 15.4. The van der Waals surface area contributed by atoms with Gasteiger partial charge < -0.3 is 45.8 Å². The molecular weight excluding hydrogens is 1930 g/mol. The number of rotatable bonds is 17. The molecule has 0 spiro atoms. The van der Waals surface area contributed by atoms with E-state index in [4.69, 9.17) is 47.0 Å². The number of hydrogen-bond donors (Lipinski definition) is 5. The minimum Gasteiger partial charge on any atom is -0.444 e. The Morgan fingerprint density at radius 2 is 0.910 bits per heavy atom. The van der Waals surface area contributed by atoms with Crippen LogP contribution in [0.5, 0.6) is 0 Å². The van der Waals surface area contributed by atoms with Crippen molar-refractivity contribution >= 4 is 125 Å². The number of nitriles is 3. The van der Waals surface area contributed by atoms with Gasteiger partial charge in [0.2, 0.25) is 11.9 Å². The van der Waals surface area contributed by atoms with Gasteiger partial charge in [0.1, 0.15) is 43.0 Å². The smallest absolute Gasteiger partial charge is 0.410 e. The van der Waals surface area contributed by atoms with Crippen molar-refractivity contribution in [3.63, 3.8) is 0 Å². The van der Waals surface area contributed by atoms with Gasteiger partial charge in [-0.3, -0.25) is 29.0 Å². The van der Waals surface area contributed by atoms with Gasteiger partial charge in [0, 0.05) is 114 Å². The number of aryl methyl sites for hydroxylation is 1. The monoisotopic (exact) mass is 2040 g/mol. The predicted molar refractivity (Wildman–Crippen MR) is 553 cm³/mol. The van der Waals surface area contributed by atoms with Crippen molar-refractivity contribution in [2.75, 3.05) is 48.5 Å². The second-order valence-electron chi connectivity index (χ2n) is 37.9. The second-order valence-corrected chi connectivity index (χ2v) is 40.3. The number of nitrogen functional groups attached to an aromatic ring is 1. The summed E-state index contributed by atoms with van der Waals surface area (Å²) in [6.07, 6.45) is 18.8. The van der Waals surface area contributed by atoms with Crippen LogP contribution in [0.1, 0.15) is 177 Å². The van der Waals surface area contributed by atoms with Crippen LogP contribution in [0.15, 0.2) is 186 Å². The number of thioether (sulfide) groups is 2. The highest BCUT2D eigenvalue weighted by atomic mass is 79.9. The van der Waals surface area contributed by atoms with Crippen molar-refractivity contribution < 1.29 is 19.1 Å². The van der Waals surface area contributed by atoms with Crippen LogP contribution in [-0.2, 0) is 96.3 Å². The third-order valence-corrected chi connectivity index (χ3v) is 27.3. The van der Waals surface area contributed by atoms with Gasteiger partial charge in [0.15, 0.2) is 50.4 Å². The lowest BCUT2D eigenvalue weighted by atomic mass is 9.99. The summed E-state index contributed by atoms with van der Waals surface area (Å²) in [5, 5.41) is 43.9. The number of anilines is 5. The summed E-state index contributed by atoms with van der Waals surface area (Å²) >= 11 is 6.16. The Balaban J connectivity index is 0.000000125. The summed E-state index contributed by atoms with van der Waals surface area (Å²) in [5.74, 6) is 2.43. The van der Waals surface area contributed by atoms with Gasteiger partial charge in [0.25, 0.3) is 27.8 Å². The van der Waals surface area contributed by atoms with E-state index in [0.29, 0.717) is 142 Å². The minimum atomic E-state index is -0.566. The molecule has 38 nitrogen and oxygen atoms in total. The Morgan fingerprint density at radius 3 is 1.36 bits per heavy atom. The molecule has 738 valence electrons. The number of hydrogen-bond acceptors (Lipinski definition) is 29. The maximum Gasteiger partial charge on any atom is 0.410 e. The minimum absolute atomic E-state index is 0.0600. The van der Waals surface area contributed by atoms with Gasteiger partial charge in [0.05, 0.1) is 51.5 Å². The van der Waals surface area contributed by atoms with E-state index in [0.717, 1.165) is 134 Å². The molecule has 12 aromatic heterocycles. The first-order chi connectivity index (χ1) is 69.2. The molecule has 0 radical (unpaired) electrons. The van der Waals surface area contributed by atoms with Gasteiger partial charge in [-0.25, -0.2) is 94.1 Å². The molecule has 41 heteroatoms. The number of aromatic nitrogens is 20. The van der Waals surface area contributed by atoms with Crippen LogP contribution in [0.3, 0.4) is 0 Å². The summed E-state index contributed by atoms with van der Waals surface area (Å²) in [6.45, 7) is 32.6. The van der Waals surface area contributed by atoms with E-state index in [2.05, 4.69) is 112 Å². The molecule has 15 aromatic rings. The summed E-state index contributed by atoms with van der Waals surface area (Å²) in [6, 6.07) is 47.7. The van der Waals surface area contributed by atoms with Crippen LogP contribution in [0.25, 0.3) is 66.4 Å². The lowest BCUT2D eigenvalue weighted by molar-refractivity contribution is 0.0214. The molecule has 4 saturated carbocycles. The van der Waals surface area contributed by atoms with Crippen molar-refractivity contribution in [2.24, 2.45) is 0 Å². The number of carbonyl (C=O) groups is 2. The average molecular weight is 2040 g/mol. The van der Waals surface area contributed by atoms with Crippen molar-refractivity contribution in [3.05, 3.63) is 266 Å².